The largest absolute Gasteiger partial charge is 0.494 e. The van der Waals surface area contributed by atoms with Crippen LogP contribution in [0.5, 0.6) is 5.75 Å². The summed E-state index contributed by atoms with van der Waals surface area (Å²) in [5, 5.41) is 9.14. The summed E-state index contributed by atoms with van der Waals surface area (Å²) in [5.41, 5.74) is 2.27. The van der Waals surface area contributed by atoms with Crippen molar-refractivity contribution in [2.45, 2.75) is 19.1 Å². The first-order chi connectivity index (χ1) is 11.7. The number of carboxylic acid groups (broad SMARTS) is 1. The van der Waals surface area contributed by atoms with Crippen molar-refractivity contribution in [1.29, 1.82) is 0 Å². The van der Waals surface area contributed by atoms with E-state index in [1.165, 1.54) is 13.2 Å². The number of hydrogen-bond acceptors (Lipinski definition) is 5. The van der Waals surface area contributed by atoms with E-state index in [1.807, 2.05) is 24.3 Å². The quantitative estimate of drug-likeness (QED) is 0.878. The van der Waals surface area contributed by atoms with E-state index in [2.05, 4.69) is 4.98 Å². The third-order valence-electron chi connectivity index (χ3n) is 3.87. The molecule has 6 nitrogen and oxygen atoms in total. The normalized spacial score (nSPS) is 17.0. The maximum absolute atomic E-state index is 11.2. The highest BCUT2D eigenvalue weighted by Gasteiger charge is 2.17. The highest BCUT2D eigenvalue weighted by Crippen LogP contribution is 2.29. The summed E-state index contributed by atoms with van der Waals surface area (Å²) in [6.45, 7) is 1.85. The first kappa shape index (κ1) is 16.4. The molecule has 0 radical (unpaired) electrons. The highest BCUT2D eigenvalue weighted by atomic mass is 16.5. The number of nitrogens with zero attached hydrogens (tertiary/aromatic N) is 1. The van der Waals surface area contributed by atoms with Crippen molar-refractivity contribution in [2.24, 2.45) is 0 Å². The van der Waals surface area contributed by atoms with Crippen LogP contribution in [-0.4, -0.2) is 42.5 Å². The third-order valence-corrected chi connectivity index (χ3v) is 3.87. The molecule has 24 heavy (non-hydrogen) atoms. The van der Waals surface area contributed by atoms with Gasteiger partial charge in [0.1, 0.15) is 17.1 Å². The van der Waals surface area contributed by atoms with Crippen LogP contribution < -0.4 is 4.74 Å². The SMILES string of the molecule is COc1ccc(C(=O)O)nc1-c1cccc(COC2CCOC2)c1. The van der Waals surface area contributed by atoms with Gasteiger partial charge in [-0.3, -0.25) is 0 Å². The Hall–Kier alpha value is -2.44. The number of ether oxygens (including phenoxy) is 3. The van der Waals surface area contributed by atoms with Gasteiger partial charge in [-0.1, -0.05) is 18.2 Å². The summed E-state index contributed by atoms with van der Waals surface area (Å²) in [6, 6.07) is 10.7. The summed E-state index contributed by atoms with van der Waals surface area (Å²) < 4.78 is 16.4. The molecule has 2 aromatic rings. The second-order valence-corrected chi connectivity index (χ2v) is 5.55. The molecule has 6 heteroatoms. The summed E-state index contributed by atoms with van der Waals surface area (Å²) in [6.07, 6.45) is 1.05. The number of methoxy groups -OCH3 is 1. The minimum Gasteiger partial charge on any atom is -0.494 e. The van der Waals surface area contributed by atoms with Gasteiger partial charge in [-0.15, -0.1) is 0 Å². The lowest BCUT2D eigenvalue weighted by Gasteiger charge is -2.12. The number of rotatable bonds is 6. The molecule has 0 aliphatic carbocycles. The molecule has 3 rings (SSSR count). The zero-order valence-electron chi connectivity index (χ0n) is 13.4. The Morgan fingerprint density at radius 2 is 2.25 bits per heavy atom. The molecular weight excluding hydrogens is 310 g/mol. The molecule has 2 heterocycles. The molecule has 0 bridgehead atoms. The van der Waals surface area contributed by atoms with Gasteiger partial charge in [-0.25, -0.2) is 9.78 Å². The highest BCUT2D eigenvalue weighted by molar-refractivity contribution is 5.86. The Kier molecular flexibility index (Phi) is 5.08. The Morgan fingerprint density at radius 3 is 2.96 bits per heavy atom. The van der Waals surface area contributed by atoms with Crippen molar-refractivity contribution >= 4 is 5.97 Å². The maximum atomic E-state index is 11.2. The monoisotopic (exact) mass is 329 g/mol. The van der Waals surface area contributed by atoms with E-state index >= 15 is 0 Å². The lowest BCUT2D eigenvalue weighted by Crippen LogP contribution is -2.11. The maximum Gasteiger partial charge on any atom is 0.354 e. The van der Waals surface area contributed by atoms with Crippen molar-refractivity contribution in [3.8, 4) is 17.0 Å². The third kappa shape index (κ3) is 3.72. The molecule has 0 spiro atoms. The van der Waals surface area contributed by atoms with Crippen molar-refractivity contribution in [2.75, 3.05) is 20.3 Å². The van der Waals surface area contributed by atoms with Crippen LogP contribution >= 0.6 is 0 Å². The molecule has 1 unspecified atom stereocenters. The molecule has 126 valence electrons. The first-order valence-corrected chi connectivity index (χ1v) is 7.74. The second kappa shape index (κ2) is 7.42. The molecule has 1 aromatic heterocycles. The van der Waals surface area contributed by atoms with Gasteiger partial charge in [0.15, 0.2) is 0 Å². The molecule has 1 aromatic carbocycles. The average molecular weight is 329 g/mol. The summed E-state index contributed by atoms with van der Waals surface area (Å²) in [7, 11) is 1.54. The fourth-order valence-electron chi connectivity index (χ4n) is 2.60. The number of carboxylic acids is 1. The lowest BCUT2D eigenvalue weighted by molar-refractivity contribution is 0.0318. The van der Waals surface area contributed by atoms with Gasteiger partial charge >= 0.3 is 5.97 Å². The zero-order valence-corrected chi connectivity index (χ0v) is 13.4. The van der Waals surface area contributed by atoms with E-state index < -0.39 is 5.97 Å². The fraction of sp³-hybridized carbons (Fsp3) is 0.333. The second-order valence-electron chi connectivity index (χ2n) is 5.55. The molecule has 1 fully saturated rings. The Balaban J connectivity index is 1.84. The number of pyridine rings is 1. The molecule has 0 saturated carbocycles. The van der Waals surface area contributed by atoms with E-state index in [9.17, 15) is 4.79 Å². The topological polar surface area (TPSA) is 77.9 Å². The van der Waals surface area contributed by atoms with E-state index in [-0.39, 0.29) is 11.8 Å². The van der Waals surface area contributed by atoms with Crippen LogP contribution in [0.1, 0.15) is 22.5 Å². The smallest absolute Gasteiger partial charge is 0.354 e. The molecule has 1 N–H and O–H groups in total. The molecule has 1 saturated heterocycles. The molecule has 1 atom stereocenters. The van der Waals surface area contributed by atoms with E-state index in [1.54, 1.807) is 6.07 Å². The predicted octanol–water partition coefficient (Wildman–Crippen LogP) is 2.76. The molecule has 1 aliphatic rings. The van der Waals surface area contributed by atoms with Crippen LogP contribution in [0, 0.1) is 0 Å². The van der Waals surface area contributed by atoms with Gasteiger partial charge in [0.05, 0.1) is 26.4 Å². The Labute approximate surface area is 140 Å². The molecule has 0 amide bonds. The molecular formula is C18H19NO5. The average Bonchev–Trinajstić information content (AvgIpc) is 3.13. The van der Waals surface area contributed by atoms with Crippen LogP contribution in [-0.2, 0) is 16.1 Å². The lowest BCUT2D eigenvalue weighted by atomic mass is 10.1. The number of hydrogen-bond donors (Lipinski definition) is 1. The number of aromatic nitrogens is 1. The minimum absolute atomic E-state index is 0.0180. The van der Waals surface area contributed by atoms with Crippen LogP contribution in [0.2, 0.25) is 0 Å². The van der Waals surface area contributed by atoms with Crippen LogP contribution in [0.3, 0.4) is 0 Å². The van der Waals surface area contributed by atoms with E-state index in [0.29, 0.717) is 24.7 Å². The van der Waals surface area contributed by atoms with Crippen molar-refractivity contribution < 1.29 is 24.1 Å². The van der Waals surface area contributed by atoms with Gasteiger partial charge < -0.3 is 19.3 Å². The van der Waals surface area contributed by atoms with Crippen molar-refractivity contribution in [1.82, 2.24) is 4.98 Å². The van der Waals surface area contributed by atoms with Gasteiger partial charge in [0.25, 0.3) is 0 Å². The number of aromatic carboxylic acids is 1. The first-order valence-electron chi connectivity index (χ1n) is 7.74. The standard InChI is InChI=1S/C18H19NO5/c1-22-16-6-5-15(18(20)21)19-17(16)13-4-2-3-12(9-13)10-24-14-7-8-23-11-14/h2-6,9,14H,7-8,10-11H2,1H3,(H,20,21). The van der Waals surface area contributed by atoms with Crippen LogP contribution in [0.25, 0.3) is 11.3 Å². The van der Waals surface area contributed by atoms with E-state index in [0.717, 1.165) is 24.2 Å². The van der Waals surface area contributed by atoms with Crippen LogP contribution in [0.15, 0.2) is 36.4 Å². The predicted molar refractivity (Wildman–Crippen MR) is 87.2 cm³/mol. The van der Waals surface area contributed by atoms with Gasteiger partial charge in [-0.05, 0) is 30.2 Å². The zero-order chi connectivity index (χ0) is 16.9. The Morgan fingerprint density at radius 1 is 1.38 bits per heavy atom. The summed E-state index contributed by atoms with van der Waals surface area (Å²) >= 11 is 0. The van der Waals surface area contributed by atoms with Crippen molar-refractivity contribution in [3.05, 3.63) is 47.7 Å². The number of carbonyl (C=O) groups is 1. The van der Waals surface area contributed by atoms with Crippen LogP contribution in [0.4, 0.5) is 0 Å². The fourth-order valence-corrected chi connectivity index (χ4v) is 2.60. The minimum atomic E-state index is -1.07. The number of benzene rings is 1. The summed E-state index contributed by atoms with van der Waals surface area (Å²) in [5.74, 6) is -0.540. The Bertz CT molecular complexity index is 725. The molecule has 1 aliphatic heterocycles. The van der Waals surface area contributed by atoms with Crippen molar-refractivity contribution in [3.63, 3.8) is 0 Å². The van der Waals surface area contributed by atoms with Gasteiger partial charge in [-0.2, -0.15) is 0 Å². The van der Waals surface area contributed by atoms with Gasteiger partial charge in [0.2, 0.25) is 0 Å². The van der Waals surface area contributed by atoms with E-state index in [4.69, 9.17) is 19.3 Å². The van der Waals surface area contributed by atoms with Gasteiger partial charge in [0, 0.05) is 12.2 Å². The summed E-state index contributed by atoms with van der Waals surface area (Å²) in [4.78, 5) is 15.4.